The van der Waals surface area contributed by atoms with E-state index in [0.717, 1.165) is 28.3 Å². The fourth-order valence-corrected chi connectivity index (χ4v) is 4.22. The molecule has 0 bridgehead atoms. The van der Waals surface area contributed by atoms with Crippen LogP contribution < -0.4 is 10.2 Å². The highest BCUT2D eigenvalue weighted by molar-refractivity contribution is 7.99. The highest BCUT2D eigenvalue weighted by Gasteiger charge is 2.29. The average Bonchev–Trinajstić information content (AvgIpc) is 2.83. The third-order valence-electron chi connectivity index (χ3n) is 4.58. The van der Waals surface area contributed by atoms with Crippen LogP contribution in [0, 0.1) is 0 Å². The minimum absolute atomic E-state index is 0.0667. The quantitative estimate of drug-likeness (QED) is 0.719. The van der Waals surface area contributed by atoms with E-state index in [1.54, 1.807) is 18.3 Å². The molecular weight excluding hydrogens is 370 g/mol. The number of pyridine rings is 1. The first-order valence-corrected chi connectivity index (χ1v) is 9.90. The number of aryl methyl sites for hydroxylation is 1. The minimum atomic E-state index is -0.235. The number of amides is 2. The van der Waals surface area contributed by atoms with Crippen LogP contribution in [0.15, 0.2) is 76.8 Å². The van der Waals surface area contributed by atoms with Crippen LogP contribution in [0.25, 0.3) is 0 Å². The largest absolute Gasteiger partial charge is 0.324 e. The van der Waals surface area contributed by atoms with Crippen molar-refractivity contribution in [2.24, 2.45) is 0 Å². The van der Waals surface area contributed by atoms with Crippen LogP contribution in [0.1, 0.15) is 22.8 Å². The Labute approximate surface area is 167 Å². The molecule has 3 aromatic rings. The van der Waals surface area contributed by atoms with Crippen LogP contribution in [0.2, 0.25) is 0 Å². The molecule has 0 radical (unpaired) electrons. The Hall–Kier alpha value is -3.12. The van der Waals surface area contributed by atoms with Crippen LogP contribution in [-0.4, -0.2) is 23.3 Å². The van der Waals surface area contributed by atoms with E-state index < -0.39 is 0 Å². The van der Waals surface area contributed by atoms with Crippen molar-refractivity contribution in [2.45, 2.75) is 23.3 Å². The van der Waals surface area contributed by atoms with Gasteiger partial charge < -0.3 is 5.32 Å². The zero-order valence-corrected chi connectivity index (χ0v) is 16.2. The van der Waals surface area contributed by atoms with Crippen LogP contribution in [-0.2, 0) is 11.2 Å². The van der Waals surface area contributed by atoms with Crippen LogP contribution in [0.3, 0.4) is 0 Å². The maximum atomic E-state index is 13.2. The van der Waals surface area contributed by atoms with Gasteiger partial charge in [-0.3, -0.25) is 14.5 Å². The summed E-state index contributed by atoms with van der Waals surface area (Å²) in [6.45, 7) is 1.98. The number of aromatic nitrogens is 1. The van der Waals surface area contributed by atoms with Gasteiger partial charge in [0.15, 0.2) is 0 Å². The Morgan fingerprint density at radius 3 is 2.71 bits per heavy atom. The predicted molar refractivity (Wildman–Crippen MR) is 111 cm³/mol. The summed E-state index contributed by atoms with van der Waals surface area (Å²) in [4.78, 5) is 32.8. The molecular formula is C22H19N3O2S. The highest BCUT2D eigenvalue weighted by Crippen LogP contribution is 2.39. The lowest BCUT2D eigenvalue weighted by atomic mass is 10.1. The van der Waals surface area contributed by atoms with E-state index in [-0.39, 0.29) is 18.4 Å². The summed E-state index contributed by atoms with van der Waals surface area (Å²) >= 11 is 1.44. The Morgan fingerprint density at radius 2 is 1.86 bits per heavy atom. The number of hydrogen-bond donors (Lipinski definition) is 1. The van der Waals surface area contributed by atoms with Crippen molar-refractivity contribution >= 4 is 35.0 Å². The van der Waals surface area contributed by atoms with Crippen molar-refractivity contribution < 1.29 is 9.59 Å². The van der Waals surface area contributed by atoms with Crippen molar-refractivity contribution in [3.63, 3.8) is 0 Å². The number of carbonyl (C=O) groups is 2. The summed E-state index contributed by atoms with van der Waals surface area (Å²) in [5, 5.41) is 3.60. The Morgan fingerprint density at radius 1 is 1.07 bits per heavy atom. The van der Waals surface area contributed by atoms with Crippen LogP contribution in [0.4, 0.5) is 11.4 Å². The molecule has 6 heteroatoms. The zero-order valence-electron chi connectivity index (χ0n) is 15.4. The normalized spacial score (nSPS) is 12.8. The molecule has 0 aliphatic carbocycles. The molecule has 4 rings (SSSR count). The summed E-state index contributed by atoms with van der Waals surface area (Å²) in [5.41, 5.74) is 3.06. The monoisotopic (exact) mass is 389 g/mol. The molecule has 1 aliphatic heterocycles. The van der Waals surface area contributed by atoms with Gasteiger partial charge in [0.2, 0.25) is 5.91 Å². The number of carbonyl (C=O) groups excluding carboxylic acids is 2. The SMILES string of the molecule is CCc1ccccc1NC(=O)CN1C(=O)c2cccnc2Sc2ccccc21. The van der Waals surface area contributed by atoms with Crippen molar-refractivity contribution in [1.82, 2.24) is 4.98 Å². The lowest BCUT2D eigenvalue weighted by Gasteiger charge is -2.22. The van der Waals surface area contributed by atoms with Gasteiger partial charge in [0.25, 0.3) is 5.91 Å². The number of rotatable bonds is 4. The molecule has 0 unspecified atom stereocenters. The molecule has 0 fully saturated rings. The molecule has 5 nitrogen and oxygen atoms in total. The summed E-state index contributed by atoms with van der Waals surface area (Å²) in [6.07, 6.45) is 2.49. The van der Waals surface area contributed by atoms with E-state index in [1.807, 2.05) is 55.5 Å². The number of nitrogens with zero attached hydrogens (tertiary/aromatic N) is 2. The maximum absolute atomic E-state index is 13.2. The Balaban J connectivity index is 1.66. The second-order valence-corrected chi connectivity index (χ2v) is 7.41. The van der Waals surface area contributed by atoms with E-state index in [9.17, 15) is 9.59 Å². The van der Waals surface area contributed by atoms with Crippen LogP contribution >= 0.6 is 11.8 Å². The van der Waals surface area contributed by atoms with Gasteiger partial charge >= 0.3 is 0 Å². The fraction of sp³-hybridized carbons (Fsp3) is 0.136. The predicted octanol–water partition coefficient (Wildman–Crippen LogP) is 4.39. The fourth-order valence-electron chi connectivity index (χ4n) is 3.20. The third kappa shape index (κ3) is 3.51. The van der Waals surface area contributed by atoms with E-state index in [2.05, 4.69) is 10.3 Å². The topological polar surface area (TPSA) is 62.3 Å². The van der Waals surface area contributed by atoms with Gasteiger partial charge in [-0.05, 0) is 42.3 Å². The first-order chi connectivity index (χ1) is 13.7. The van der Waals surface area contributed by atoms with E-state index >= 15 is 0 Å². The van der Waals surface area contributed by atoms with E-state index in [1.165, 1.54) is 16.7 Å². The maximum Gasteiger partial charge on any atom is 0.261 e. The molecule has 0 saturated heterocycles. The lowest BCUT2D eigenvalue weighted by Crippen LogP contribution is -2.38. The molecule has 1 aliphatic rings. The molecule has 0 saturated carbocycles. The number of para-hydroxylation sites is 2. The first-order valence-electron chi connectivity index (χ1n) is 9.09. The lowest BCUT2D eigenvalue weighted by molar-refractivity contribution is -0.114. The summed E-state index contributed by atoms with van der Waals surface area (Å²) in [5.74, 6) is -0.458. The van der Waals surface area contributed by atoms with Crippen molar-refractivity contribution in [2.75, 3.05) is 16.8 Å². The van der Waals surface area contributed by atoms with Crippen molar-refractivity contribution in [1.29, 1.82) is 0 Å². The van der Waals surface area contributed by atoms with Gasteiger partial charge in [-0.2, -0.15) is 0 Å². The molecule has 2 amide bonds. The molecule has 2 aromatic carbocycles. The molecule has 0 spiro atoms. The van der Waals surface area contributed by atoms with Crippen LogP contribution in [0.5, 0.6) is 0 Å². The molecule has 2 heterocycles. The van der Waals surface area contributed by atoms with Gasteiger partial charge in [-0.15, -0.1) is 0 Å². The average molecular weight is 389 g/mol. The van der Waals surface area contributed by atoms with Crippen molar-refractivity contribution in [3.05, 3.63) is 78.0 Å². The number of benzene rings is 2. The smallest absolute Gasteiger partial charge is 0.261 e. The number of anilines is 2. The van der Waals surface area contributed by atoms with E-state index in [0.29, 0.717) is 10.6 Å². The molecule has 140 valence electrons. The van der Waals surface area contributed by atoms with Crippen molar-refractivity contribution in [3.8, 4) is 0 Å². The second-order valence-electron chi connectivity index (χ2n) is 6.38. The zero-order chi connectivity index (χ0) is 19.5. The number of fused-ring (bicyclic) bond motifs is 2. The van der Waals surface area contributed by atoms with Gasteiger partial charge in [0.1, 0.15) is 11.6 Å². The number of nitrogens with one attached hydrogen (secondary N) is 1. The van der Waals surface area contributed by atoms with Gasteiger partial charge in [0, 0.05) is 16.8 Å². The first kappa shape index (κ1) is 18.3. The number of hydrogen-bond acceptors (Lipinski definition) is 4. The Kier molecular flexibility index (Phi) is 5.12. The van der Waals surface area contributed by atoms with Gasteiger partial charge in [0.05, 0.1) is 11.3 Å². The molecule has 28 heavy (non-hydrogen) atoms. The Bertz CT molecular complexity index is 1050. The summed E-state index contributed by atoms with van der Waals surface area (Å²) < 4.78 is 0. The summed E-state index contributed by atoms with van der Waals surface area (Å²) in [7, 11) is 0. The highest BCUT2D eigenvalue weighted by atomic mass is 32.2. The standard InChI is InChI=1S/C22H19N3O2S/c1-2-15-8-3-4-10-17(15)24-20(26)14-25-18-11-5-6-12-19(18)28-21-16(22(25)27)9-7-13-23-21/h3-13H,2,14H2,1H3,(H,24,26). The van der Waals surface area contributed by atoms with Gasteiger partial charge in [-0.25, -0.2) is 4.98 Å². The molecule has 0 atom stereocenters. The summed E-state index contributed by atoms with van der Waals surface area (Å²) in [6, 6.07) is 18.8. The van der Waals surface area contributed by atoms with Gasteiger partial charge in [-0.1, -0.05) is 49.0 Å². The second kappa shape index (κ2) is 7.86. The third-order valence-corrected chi connectivity index (χ3v) is 5.67. The molecule has 1 N–H and O–H groups in total. The molecule has 1 aromatic heterocycles. The minimum Gasteiger partial charge on any atom is -0.324 e. The van der Waals surface area contributed by atoms with E-state index in [4.69, 9.17) is 0 Å².